The van der Waals surface area contributed by atoms with E-state index in [9.17, 15) is 0 Å². The fourth-order valence-corrected chi connectivity index (χ4v) is 3.56. The van der Waals surface area contributed by atoms with Gasteiger partial charge in [0.25, 0.3) is 0 Å². The van der Waals surface area contributed by atoms with Crippen LogP contribution in [0.3, 0.4) is 0 Å². The second-order valence-electron chi connectivity index (χ2n) is 6.34. The first-order valence-corrected chi connectivity index (χ1v) is 8.79. The average molecular weight is 295 g/mol. The van der Waals surface area contributed by atoms with E-state index in [0.29, 0.717) is 12.1 Å². The van der Waals surface area contributed by atoms with Gasteiger partial charge in [0.15, 0.2) is 5.13 Å². The summed E-state index contributed by atoms with van der Waals surface area (Å²) < 4.78 is 0. The second-order valence-corrected chi connectivity index (χ2v) is 7.40. The van der Waals surface area contributed by atoms with Gasteiger partial charge in [-0.3, -0.25) is 0 Å². The standard InChI is InChI=1S/C16H29N3S/c1-6-7-14-15(10-17-11(2)3)20-16(18-14)19(5)12(4)13-8-9-13/h11-13,17H,6-10H2,1-5H3. The lowest BCUT2D eigenvalue weighted by atomic mass is 10.2. The van der Waals surface area contributed by atoms with Crippen LogP contribution in [0, 0.1) is 5.92 Å². The molecule has 1 aromatic rings. The van der Waals surface area contributed by atoms with Gasteiger partial charge in [0.1, 0.15) is 0 Å². The first-order chi connectivity index (χ1) is 9.52. The maximum Gasteiger partial charge on any atom is 0.185 e. The van der Waals surface area contributed by atoms with E-state index in [1.165, 1.54) is 35.0 Å². The number of hydrogen-bond donors (Lipinski definition) is 1. The van der Waals surface area contributed by atoms with E-state index in [1.54, 1.807) is 0 Å². The van der Waals surface area contributed by atoms with E-state index in [1.807, 2.05) is 11.3 Å². The fourth-order valence-electron chi connectivity index (χ4n) is 2.46. The number of nitrogens with one attached hydrogen (secondary N) is 1. The van der Waals surface area contributed by atoms with Gasteiger partial charge >= 0.3 is 0 Å². The molecule has 0 aliphatic heterocycles. The third-order valence-corrected chi connectivity index (χ3v) is 5.33. The van der Waals surface area contributed by atoms with Gasteiger partial charge in [-0.15, -0.1) is 11.3 Å². The van der Waals surface area contributed by atoms with Gasteiger partial charge in [-0.1, -0.05) is 27.2 Å². The molecule has 1 unspecified atom stereocenters. The minimum atomic E-state index is 0.526. The van der Waals surface area contributed by atoms with E-state index in [0.717, 1.165) is 18.9 Å². The monoisotopic (exact) mass is 295 g/mol. The SMILES string of the molecule is CCCc1nc(N(C)C(C)C2CC2)sc1CNC(C)C. The molecule has 1 fully saturated rings. The third-order valence-electron chi connectivity index (χ3n) is 4.14. The number of rotatable bonds is 8. The molecule has 114 valence electrons. The van der Waals surface area contributed by atoms with E-state index < -0.39 is 0 Å². The van der Waals surface area contributed by atoms with Crippen molar-refractivity contribution in [3.63, 3.8) is 0 Å². The van der Waals surface area contributed by atoms with Crippen molar-refractivity contribution in [3.05, 3.63) is 10.6 Å². The van der Waals surface area contributed by atoms with E-state index >= 15 is 0 Å². The Morgan fingerprint density at radius 2 is 2.05 bits per heavy atom. The van der Waals surface area contributed by atoms with Crippen LogP contribution in [0.5, 0.6) is 0 Å². The predicted molar refractivity (Wildman–Crippen MR) is 88.7 cm³/mol. The molecule has 1 aromatic heterocycles. The van der Waals surface area contributed by atoms with Crippen LogP contribution in [0.25, 0.3) is 0 Å². The number of hydrogen-bond acceptors (Lipinski definition) is 4. The first kappa shape index (κ1) is 15.8. The molecule has 20 heavy (non-hydrogen) atoms. The third kappa shape index (κ3) is 3.95. The van der Waals surface area contributed by atoms with Crippen LogP contribution in [-0.4, -0.2) is 24.1 Å². The topological polar surface area (TPSA) is 28.2 Å². The molecule has 1 aliphatic rings. The zero-order chi connectivity index (χ0) is 14.7. The molecule has 1 heterocycles. The van der Waals surface area contributed by atoms with E-state index in [4.69, 9.17) is 4.98 Å². The Kier molecular flexibility index (Phi) is 5.44. The Bertz CT molecular complexity index is 423. The van der Waals surface area contributed by atoms with Crippen LogP contribution in [0.2, 0.25) is 0 Å². The molecule has 2 rings (SSSR count). The van der Waals surface area contributed by atoms with E-state index in [2.05, 4.69) is 45.0 Å². The minimum Gasteiger partial charge on any atom is -0.348 e. The maximum atomic E-state index is 4.91. The van der Waals surface area contributed by atoms with Crippen LogP contribution in [0.4, 0.5) is 5.13 Å². The van der Waals surface area contributed by atoms with Crippen molar-refractivity contribution in [1.82, 2.24) is 10.3 Å². The Hall–Kier alpha value is -0.610. The van der Waals surface area contributed by atoms with Gasteiger partial charge in [-0.25, -0.2) is 4.98 Å². The molecule has 0 bridgehead atoms. The molecule has 1 N–H and O–H groups in total. The van der Waals surface area contributed by atoms with Gasteiger partial charge < -0.3 is 10.2 Å². The van der Waals surface area contributed by atoms with Crippen LogP contribution in [-0.2, 0) is 13.0 Å². The second kappa shape index (κ2) is 6.90. The highest BCUT2D eigenvalue weighted by atomic mass is 32.1. The smallest absolute Gasteiger partial charge is 0.185 e. The molecule has 0 aromatic carbocycles. The molecule has 0 amide bonds. The summed E-state index contributed by atoms with van der Waals surface area (Å²) in [7, 11) is 2.21. The Labute approximate surface area is 127 Å². The van der Waals surface area contributed by atoms with Crippen molar-refractivity contribution in [2.24, 2.45) is 5.92 Å². The highest BCUT2D eigenvalue weighted by molar-refractivity contribution is 7.15. The largest absolute Gasteiger partial charge is 0.348 e. The molecule has 1 atom stereocenters. The summed E-state index contributed by atoms with van der Waals surface area (Å²) >= 11 is 1.88. The van der Waals surface area contributed by atoms with Crippen molar-refractivity contribution in [1.29, 1.82) is 0 Å². The average Bonchev–Trinajstić information content (AvgIpc) is 3.18. The van der Waals surface area contributed by atoms with Gasteiger partial charge in [-0.2, -0.15) is 0 Å². The highest BCUT2D eigenvalue weighted by Gasteiger charge is 2.31. The molecule has 4 heteroatoms. The normalized spacial score (nSPS) is 16.7. The Morgan fingerprint density at radius 3 is 2.60 bits per heavy atom. The minimum absolute atomic E-state index is 0.526. The highest BCUT2D eigenvalue weighted by Crippen LogP contribution is 2.37. The molecule has 1 aliphatic carbocycles. The quantitative estimate of drug-likeness (QED) is 0.790. The zero-order valence-corrected chi connectivity index (χ0v) is 14.4. The lowest BCUT2D eigenvalue weighted by Gasteiger charge is -2.23. The molecule has 0 radical (unpaired) electrons. The van der Waals surface area contributed by atoms with Crippen molar-refractivity contribution in [2.75, 3.05) is 11.9 Å². The maximum absolute atomic E-state index is 4.91. The molecular weight excluding hydrogens is 266 g/mol. The lowest BCUT2D eigenvalue weighted by Crippen LogP contribution is -2.30. The fraction of sp³-hybridized carbons (Fsp3) is 0.812. The van der Waals surface area contributed by atoms with Crippen molar-refractivity contribution in [3.8, 4) is 0 Å². The summed E-state index contributed by atoms with van der Waals surface area (Å²) in [5.41, 5.74) is 1.30. The molecule has 1 saturated carbocycles. The predicted octanol–water partition coefficient (Wildman–Crippen LogP) is 3.83. The van der Waals surface area contributed by atoms with Crippen LogP contribution >= 0.6 is 11.3 Å². The van der Waals surface area contributed by atoms with Crippen molar-refractivity contribution >= 4 is 16.5 Å². The lowest BCUT2D eigenvalue weighted by molar-refractivity contribution is 0.589. The molecule has 3 nitrogen and oxygen atoms in total. The van der Waals surface area contributed by atoms with Gasteiger partial charge in [0.05, 0.1) is 5.69 Å². The summed E-state index contributed by atoms with van der Waals surface area (Å²) in [5, 5.41) is 4.73. The number of thiazole rings is 1. The van der Waals surface area contributed by atoms with Crippen LogP contribution in [0.1, 0.15) is 57.5 Å². The summed E-state index contributed by atoms with van der Waals surface area (Å²) in [4.78, 5) is 8.72. The van der Waals surface area contributed by atoms with E-state index in [-0.39, 0.29) is 0 Å². The van der Waals surface area contributed by atoms with Crippen molar-refractivity contribution in [2.45, 2.75) is 72.0 Å². The zero-order valence-electron chi connectivity index (χ0n) is 13.6. The van der Waals surface area contributed by atoms with Gasteiger partial charge in [0.2, 0.25) is 0 Å². The molecule has 0 saturated heterocycles. The summed E-state index contributed by atoms with van der Waals surface area (Å²) in [6.07, 6.45) is 5.04. The first-order valence-electron chi connectivity index (χ1n) is 7.97. The summed E-state index contributed by atoms with van der Waals surface area (Å²) in [6.45, 7) is 9.92. The number of anilines is 1. The molecule has 0 spiro atoms. The molecular formula is C16H29N3S. The van der Waals surface area contributed by atoms with Crippen LogP contribution in [0.15, 0.2) is 0 Å². The number of aromatic nitrogens is 1. The number of aryl methyl sites for hydroxylation is 1. The number of nitrogens with zero attached hydrogens (tertiary/aromatic N) is 2. The van der Waals surface area contributed by atoms with Crippen molar-refractivity contribution < 1.29 is 0 Å². The van der Waals surface area contributed by atoms with Gasteiger partial charge in [0, 0.05) is 30.6 Å². The van der Waals surface area contributed by atoms with Gasteiger partial charge in [-0.05, 0) is 32.1 Å². The summed E-state index contributed by atoms with van der Waals surface area (Å²) in [5.74, 6) is 0.885. The Balaban J connectivity index is 2.10. The summed E-state index contributed by atoms with van der Waals surface area (Å²) in [6, 6.07) is 1.15. The Morgan fingerprint density at radius 1 is 1.35 bits per heavy atom. The van der Waals surface area contributed by atoms with Crippen LogP contribution < -0.4 is 10.2 Å².